The summed E-state index contributed by atoms with van der Waals surface area (Å²) in [7, 11) is 1.36. The number of amides is 1. The maximum absolute atomic E-state index is 12.2. The quantitative estimate of drug-likeness (QED) is 0.572. The molecule has 1 aromatic carbocycles. The van der Waals surface area contributed by atoms with Gasteiger partial charge in [0.25, 0.3) is 0 Å². The highest BCUT2D eigenvalue weighted by Gasteiger charge is 2.32. The van der Waals surface area contributed by atoms with Gasteiger partial charge in [-0.05, 0) is 43.2 Å². The van der Waals surface area contributed by atoms with Gasteiger partial charge in [-0.15, -0.1) is 11.8 Å². The number of carbonyl (C=O) groups is 2. The highest BCUT2D eigenvalue weighted by Crippen LogP contribution is 2.22. The predicted molar refractivity (Wildman–Crippen MR) is 87.9 cm³/mol. The molecule has 1 amide bonds. The molecule has 1 aliphatic rings. The fourth-order valence-electron chi connectivity index (χ4n) is 2.77. The van der Waals surface area contributed by atoms with Crippen molar-refractivity contribution in [3.63, 3.8) is 0 Å². The standard InChI is InChI=1S/C17H23NO3S/c1-21-16(19)12-14-9-11-18(17(14)20)10-3-4-13-5-7-15(22-2)8-6-13/h5-8,14H,3-4,9-12H2,1-2H3. The largest absolute Gasteiger partial charge is 0.469 e. The van der Waals surface area contributed by atoms with Crippen LogP contribution in [0.3, 0.4) is 0 Å². The summed E-state index contributed by atoms with van der Waals surface area (Å²) in [5.41, 5.74) is 1.30. The third-order valence-corrected chi connectivity index (χ3v) is 4.85. The molecule has 5 heteroatoms. The molecule has 22 heavy (non-hydrogen) atoms. The summed E-state index contributed by atoms with van der Waals surface area (Å²) in [6.07, 6.45) is 4.96. The Morgan fingerprint density at radius 1 is 1.36 bits per heavy atom. The van der Waals surface area contributed by atoms with Crippen molar-refractivity contribution in [1.82, 2.24) is 4.90 Å². The first-order chi connectivity index (χ1) is 10.6. The summed E-state index contributed by atoms with van der Waals surface area (Å²) in [6, 6.07) is 8.57. The first-order valence-corrected chi connectivity index (χ1v) is 8.85. The molecule has 1 unspecified atom stereocenters. The van der Waals surface area contributed by atoms with E-state index in [1.165, 1.54) is 17.6 Å². The molecule has 1 heterocycles. The summed E-state index contributed by atoms with van der Waals surface area (Å²) < 4.78 is 4.64. The van der Waals surface area contributed by atoms with Crippen molar-refractivity contribution >= 4 is 23.6 Å². The number of aryl methyl sites for hydroxylation is 1. The molecule has 0 bridgehead atoms. The van der Waals surface area contributed by atoms with Gasteiger partial charge in [-0.2, -0.15) is 0 Å². The summed E-state index contributed by atoms with van der Waals surface area (Å²) >= 11 is 1.74. The van der Waals surface area contributed by atoms with Gasteiger partial charge in [0.15, 0.2) is 0 Å². The van der Waals surface area contributed by atoms with Gasteiger partial charge in [0, 0.05) is 18.0 Å². The molecule has 1 atom stereocenters. The fraction of sp³-hybridized carbons (Fsp3) is 0.529. The number of thioether (sulfide) groups is 1. The zero-order valence-electron chi connectivity index (χ0n) is 13.2. The summed E-state index contributed by atoms with van der Waals surface area (Å²) in [5.74, 6) is -0.384. The van der Waals surface area contributed by atoms with Gasteiger partial charge in [0.05, 0.1) is 19.4 Å². The van der Waals surface area contributed by atoms with E-state index in [1.54, 1.807) is 11.8 Å². The van der Waals surface area contributed by atoms with Crippen LogP contribution in [0.1, 0.15) is 24.8 Å². The van der Waals surface area contributed by atoms with E-state index >= 15 is 0 Å². The number of esters is 1. The summed E-state index contributed by atoms with van der Waals surface area (Å²) in [4.78, 5) is 26.6. The van der Waals surface area contributed by atoms with Gasteiger partial charge in [-0.1, -0.05) is 12.1 Å². The van der Waals surface area contributed by atoms with E-state index < -0.39 is 0 Å². The predicted octanol–water partition coefficient (Wildman–Crippen LogP) is 2.75. The van der Waals surface area contributed by atoms with Crippen molar-refractivity contribution in [3.8, 4) is 0 Å². The van der Waals surface area contributed by atoms with Gasteiger partial charge in [-0.3, -0.25) is 9.59 Å². The van der Waals surface area contributed by atoms with E-state index in [0.717, 1.165) is 32.4 Å². The zero-order valence-corrected chi connectivity index (χ0v) is 14.0. The van der Waals surface area contributed by atoms with Crippen LogP contribution in [0.2, 0.25) is 0 Å². The molecular formula is C17H23NO3S. The van der Waals surface area contributed by atoms with Crippen LogP contribution < -0.4 is 0 Å². The van der Waals surface area contributed by atoms with Gasteiger partial charge >= 0.3 is 5.97 Å². The van der Waals surface area contributed by atoms with Crippen LogP contribution in [-0.2, 0) is 20.7 Å². The highest BCUT2D eigenvalue weighted by atomic mass is 32.2. The second-order valence-corrected chi connectivity index (χ2v) is 6.42. The fourth-order valence-corrected chi connectivity index (χ4v) is 3.17. The van der Waals surface area contributed by atoms with Crippen molar-refractivity contribution in [2.45, 2.75) is 30.6 Å². The van der Waals surface area contributed by atoms with Crippen LogP contribution in [-0.4, -0.2) is 43.2 Å². The molecule has 0 aromatic heterocycles. The minimum Gasteiger partial charge on any atom is -0.469 e. The van der Waals surface area contributed by atoms with Crippen molar-refractivity contribution in [2.24, 2.45) is 5.92 Å². The number of likely N-dealkylation sites (tertiary alicyclic amines) is 1. The maximum Gasteiger partial charge on any atom is 0.306 e. The number of nitrogens with zero attached hydrogens (tertiary/aromatic N) is 1. The molecule has 0 spiro atoms. The molecular weight excluding hydrogens is 298 g/mol. The topological polar surface area (TPSA) is 46.6 Å². The molecule has 1 fully saturated rings. The number of hydrogen-bond donors (Lipinski definition) is 0. The molecule has 0 N–H and O–H groups in total. The molecule has 2 rings (SSSR count). The highest BCUT2D eigenvalue weighted by molar-refractivity contribution is 7.98. The molecule has 0 radical (unpaired) electrons. The van der Waals surface area contributed by atoms with Crippen molar-refractivity contribution in [3.05, 3.63) is 29.8 Å². The summed E-state index contributed by atoms with van der Waals surface area (Å²) in [6.45, 7) is 1.52. The maximum atomic E-state index is 12.2. The Kier molecular flexibility index (Phi) is 6.31. The van der Waals surface area contributed by atoms with Crippen LogP contribution in [0.25, 0.3) is 0 Å². The van der Waals surface area contributed by atoms with Gasteiger partial charge in [0.2, 0.25) is 5.91 Å². The average Bonchev–Trinajstić information content (AvgIpc) is 2.88. The SMILES string of the molecule is COC(=O)CC1CCN(CCCc2ccc(SC)cc2)C1=O. The zero-order chi connectivity index (χ0) is 15.9. The second-order valence-electron chi connectivity index (χ2n) is 5.54. The van der Waals surface area contributed by atoms with E-state index in [9.17, 15) is 9.59 Å². The normalized spacial score (nSPS) is 17.8. The molecule has 0 saturated carbocycles. The first kappa shape index (κ1) is 16.9. The smallest absolute Gasteiger partial charge is 0.306 e. The second kappa shape index (κ2) is 8.22. The lowest BCUT2D eigenvalue weighted by atomic mass is 10.0. The number of methoxy groups -OCH3 is 1. The van der Waals surface area contributed by atoms with E-state index in [0.29, 0.717) is 0 Å². The molecule has 120 valence electrons. The Hall–Kier alpha value is -1.49. The molecule has 4 nitrogen and oxygen atoms in total. The van der Waals surface area contributed by atoms with E-state index in [2.05, 4.69) is 35.3 Å². The van der Waals surface area contributed by atoms with E-state index in [-0.39, 0.29) is 24.2 Å². The lowest BCUT2D eigenvalue weighted by Gasteiger charge is -2.16. The number of rotatable bonds is 7. The van der Waals surface area contributed by atoms with E-state index in [1.807, 2.05) is 4.90 Å². The van der Waals surface area contributed by atoms with Crippen LogP contribution in [0, 0.1) is 5.92 Å². The molecule has 0 aliphatic carbocycles. The van der Waals surface area contributed by atoms with Gasteiger partial charge in [-0.25, -0.2) is 0 Å². The van der Waals surface area contributed by atoms with Crippen molar-refractivity contribution in [1.29, 1.82) is 0 Å². The molecule has 1 saturated heterocycles. The third-order valence-electron chi connectivity index (χ3n) is 4.10. The Bertz CT molecular complexity index is 515. The molecule has 1 aliphatic heterocycles. The lowest BCUT2D eigenvalue weighted by molar-refractivity contribution is -0.144. The Labute approximate surface area is 136 Å². The first-order valence-electron chi connectivity index (χ1n) is 7.62. The monoisotopic (exact) mass is 321 g/mol. The number of ether oxygens (including phenoxy) is 1. The van der Waals surface area contributed by atoms with Crippen molar-refractivity contribution in [2.75, 3.05) is 26.5 Å². The number of hydrogen-bond acceptors (Lipinski definition) is 4. The number of benzene rings is 1. The Morgan fingerprint density at radius 3 is 2.73 bits per heavy atom. The van der Waals surface area contributed by atoms with Crippen LogP contribution in [0.4, 0.5) is 0 Å². The minimum absolute atomic E-state index is 0.100. The molecule has 1 aromatic rings. The third kappa shape index (κ3) is 4.50. The van der Waals surface area contributed by atoms with Crippen molar-refractivity contribution < 1.29 is 14.3 Å². The minimum atomic E-state index is -0.297. The van der Waals surface area contributed by atoms with Crippen LogP contribution >= 0.6 is 11.8 Å². The van der Waals surface area contributed by atoms with Gasteiger partial charge in [0.1, 0.15) is 0 Å². The lowest BCUT2D eigenvalue weighted by Crippen LogP contribution is -2.29. The van der Waals surface area contributed by atoms with Crippen LogP contribution in [0.15, 0.2) is 29.2 Å². The Morgan fingerprint density at radius 2 is 2.09 bits per heavy atom. The van der Waals surface area contributed by atoms with Gasteiger partial charge < -0.3 is 9.64 Å². The van der Waals surface area contributed by atoms with Crippen LogP contribution in [0.5, 0.6) is 0 Å². The summed E-state index contributed by atoms with van der Waals surface area (Å²) in [5, 5.41) is 0. The Balaban J connectivity index is 1.75. The number of carbonyl (C=O) groups excluding carboxylic acids is 2. The average molecular weight is 321 g/mol. The van der Waals surface area contributed by atoms with E-state index in [4.69, 9.17) is 0 Å².